The van der Waals surface area contributed by atoms with Crippen LogP contribution in [0.25, 0.3) is 0 Å². The molecule has 3 aliphatic heterocycles. The first-order valence-electron chi connectivity index (χ1n) is 4.49. The van der Waals surface area contributed by atoms with Gasteiger partial charge in [0.2, 0.25) is 0 Å². The second-order valence-corrected chi connectivity index (χ2v) is 3.34. The summed E-state index contributed by atoms with van der Waals surface area (Å²) in [5.74, 6) is 0.837. The van der Waals surface area contributed by atoms with Gasteiger partial charge in [0.1, 0.15) is 23.6 Å². The highest BCUT2D eigenvalue weighted by Crippen LogP contribution is 2.34. The van der Waals surface area contributed by atoms with Crippen LogP contribution in [0.3, 0.4) is 0 Å². The van der Waals surface area contributed by atoms with Gasteiger partial charge >= 0.3 is 0 Å². The molecule has 0 saturated carbocycles. The van der Waals surface area contributed by atoms with Crippen molar-refractivity contribution in [1.82, 2.24) is 0 Å². The molecule has 3 aliphatic rings. The van der Waals surface area contributed by atoms with E-state index in [1.54, 1.807) is 12.4 Å². The normalized spacial score (nSPS) is 27.5. The van der Waals surface area contributed by atoms with Crippen LogP contribution in [-0.4, -0.2) is 25.1 Å². The Hall–Kier alpha value is -1.89. The van der Waals surface area contributed by atoms with Crippen LogP contribution in [-0.2, 0) is 4.74 Å². The molecule has 0 bridgehead atoms. The summed E-state index contributed by atoms with van der Waals surface area (Å²) in [5.41, 5.74) is 2.19. The Morgan fingerprint density at radius 2 is 2.43 bits per heavy atom. The first kappa shape index (κ1) is 7.51. The van der Waals surface area contributed by atoms with Gasteiger partial charge in [-0.3, -0.25) is 9.98 Å². The average molecular weight is 185 g/mol. The first-order chi connectivity index (χ1) is 6.90. The van der Waals surface area contributed by atoms with E-state index >= 15 is 0 Å². The van der Waals surface area contributed by atoms with Crippen molar-refractivity contribution in [2.24, 2.45) is 9.98 Å². The molecular formula is C10H7N3O. The lowest BCUT2D eigenvalue weighted by Gasteiger charge is -2.13. The fraction of sp³-hybridized carbons (Fsp3) is 0.300. The molecule has 0 aromatic heterocycles. The molecule has 68 valence electrons. The predicted octanol–water partition coefficient (Wildman–Crippen LogP) is 0.976. The summed E-state index contributed by atoms with van der Waals surface area (Å²) < 4.78 is 5.47. The highest BCUT2D eigenvalue weighted by Gasteiger charge is 2.32. The first-order valence-corrected chi connectivity index (χ1v) is 4.49. The molecule has 14 heavy (non-hydrogen) atoms. The highest BCUT2D eigenvalue weighted by atomic mass is 16.5. The maximum absolute atomic E-state index is 8.82. The van der Waals surface area contributed by atoms with E-state index in [-0.39, 0.29) is 6.04 Å². The molecule has 0 aromatic carbocycles. The quantitative estimate of drug-likeness (QED) is 0.564. The Bertz CT molecular complexity index is 462. The zero-order valence-electron chi connectivity index (χ0n) is 7.40. The van der Waals surface area contributed by atoms with Crippen LogP contribution in [0.4, 0.5) is 0 Å². The van der Waals surface area contributed by atoms with Gasteiger partial charge in [-0.1, -0.05) is 0 Å². The number of rotatable bonds is 0. The van der Waals surface area contributed by atoms with Gasteiger partial charge in [-0.15, -0.1) is 0 Å². The molecular weight excluding hydrogens is 178 g/mol. The fourth-order valence-electron chi connectivity index (χ4n) is 1.85. The van der Waals surface area contributed by atoms with Crippen molar-refractivity contribution in [3.63, 3.8) is 0 Å². The minimum absolute atomic E-state index is 0.129. The van der Waals surface area contributed by atoms with E-state index in [1.807, 2.05) is 0 Å². The van der Waals surface area contributed by atoms with Crippen LogP contribution in [0, 0.1) is 11.3 Å². The van der Waals surface area contributed by atoms with E-state index in [2.05, 4.69) is 16.1 Å². The maximum Gasteiger partial charge on any atom is 0.147 e. The molecule has 0 aromatic rings. The molecule has 0 amide bonds. The van der Waals surface area contributed by atoms with Crippen LogP contribution in [0.5, 0.6) is 0 Å². The molecule has 4 nitrogen and oxygen atoms in total. The molecule has 0 aliphatic carbocycles. The van der Waals surface area contributed by atoms with Gasteiger partial charge in [0.15, 0.2) is 0 Å². The molecule has 0 radical (unpaired) electrons. The minimum atomic E-state index is 0.129. The summed E-state index contributed by atoms with van der Waals surface area (Å²) in [6.45, 7) is 0.700. The molecule has 1 atom stereocenters. The topological polar surface area (TPSA) is 57.7 Å². The van der Waals surface area contributed by atoms with Gasteiger partial charge in [-0.05, 0) is 0 Å². The maximum atomic E-state index is 8.82. The van der Waals surface area contributed by atoms with Crippen molar-refractivity contribution in [3.8, 4) is 6.07 Å². The van der Waals surface area contributed by atoms with Crippen molar-refractivity contribution >= 4 is 12.4 Å². The lowest BCUT2D eigenvalue weighted by Crippen LogP contribution is -2.10. The van der Waals surface area contributed by atoms with Crippen molar-refractivity contribution in [2.45, 2.75) is 12.5 Å². The van der Waals surface area contributed by atoms with E-state index < -0.39 is 0 Å². The fourth-order valence-corrected chi connectivity index (χ4v) is 1.85. The Balaban J connectivity index is 2.19. The number of nitriles is 1. The second kappa shape index (κ2) is 2.55. The predicted molar refractivity (Wildman–Crippen MR) is 51.0 cm³/mol. The summed E-state index contributed by atoms with van der Waals surface area (Å²) >= 11 is 0. The van der Waals surface area contributed by atoms with Crippen molar-refractivity contribution < 1.29 is 4.74 Å². The molecule has 0 N–H and O–H groups in total. The molecule has 4 heteroatoms. The number of hydrogen-bond acceptors (Lipinski definition) is 4. The van der Waals surface area contributed by atoms with E-state index in [1.165, 1.54) is 0 Å². The third kappa shape index (κ3) is 0.814. The lowest BCUT2D eigenvalue weighted by atomic mass is 10.0. The number of fused-ring (bicyclic) bond motifs is 2. The van der Waals surface area contributed by atoms with Crippen LogP contribution < -0.4 is 0 Å². The van der Waals surface area contributed by atoms with Gasteiger partial charge in [0, 0.05) is 24.4 Å². The number of ether oxygens (including phenoxy) is 1. The molecule has 1 fully saturated rings. The highest BCUT2D eigenvalue weighted by molar-refractivity contribution is 6.03. The minimum Gasteiger partial charge on any atom is -0.493 e. The Morgan fingerprint density at radius 1 is 1.50 bits per heavy atom. The van der Waals surface area contributed by atoms with Crippen LogP contribution in [0.2, 0.25) is 0 Å². The van der Waals surface area contributed by atoms with E-state index in [4.69, 9.17) is 10.00 Å². The van der Waals surface area contributed by atoms with E-state index in [9.17, 15) is 0 Å². The summed E-state index contributed by atoms with van der Waals surface area (Å²) in [6.07, 6.45) is 4.23. The van der Waals surface area contributed by atoms with Crippen molar-refractivity contribution in [3.05, 3.63) is 22.6 Å². The molecule has 0 spiro atoms. The molecule has 3 rings (SSSR count). The standard InChI is InChI=1S/C10H7N3O/c11-3-6-4-13-9-7(6)5-12-8-1-2-14-10(8)9/h4-5,8H,1-2H2. The van der Waals surface area contributed by atoms with Crippen molar-refractivity contribution in [1.29, 1.82) is 5.26 Å². The zero-order chi connectivity index (χ0) is 9.54. The molecule has 1 unspecified atom stereocenters. The second-order valence-electron chi connectivity index (χ2n) is 3.34. The van der Waals surface area contributed by atoms with Gasteiger partial charge in [-0.2, -0.15) is 5.26 Å². The number of aliphatic imine (C=N–C) groups is 2. The summed E-state index contributed by atoms with van der Waals surface area (Å²) in [7, 11) is 0. The van der Waals surface area contributed by atoms with Crippen LogP contribution in [0.1, 0.15) is 6.42 Å². The van der Waals surface area contributed by atoms with Gasteiger partial charge in [0.25, 0.3) is 0 Å². The Morgan fingerprint density at radius 3 is 3.29 bits per heavy atom. The largest absolute Gasteiger partial charge is 0.493 e. The zero-order valence-corrected chi connectivity index (χ0v) is 7.40. The average Bonchev–Trinajstić information content (AvgIpc) is 2.82. The van der Waals surface area contributed by atoms with E-state index in [0.29, 0.717) is 12.2 Å². The lowest BCUT2D eigenvalue weighted by molar-refractivity contribution is 0.258. The van der Waals surface area contributed by atoms with Gasteiger partial charge in [0.05, 0.1) is 12.2 Å². The van der Waals surface area contributed by atoms with E-state index in [0.717, 1.165) is 23.5 Å². The summed E-state index contributed by atoms with van der Waals surface area (Å²) in [4.78, 5) is 8.53. The molecule has 3 heterocycles. The number of allylic oxidation sites excluding steroid dienone is 2. The smallest absolute Gasteiger partial charge is 0.147 e. The SMILES string of the molecule is N#CC1=C2C=NC3CCOC3=C2N=C1. The van der Waals surface area contributed by atoms with Crippen molar-refractivity contribution in [2.75, 3.05) is 6.61 Å². The molecule has 1 saturated heterocycles. The third-order valence-electron chi connectivity index (χ3n) is 2.56. The van der Waals surface area contributed by atoms with Gasteiger partial charge in [-0.25, -0.2) is 0 Å². The Labute approximate surface area is 80.9 Å². The summed E-state index contributed by atoms with van der Waals surface area (Å²) in [5, 5.41) is 8.82. The number of nitrogens with zero attached hydrogens (tertiary/aromatic N) is 3. The third-order valence-corrected chi connectivity index (χ3v) is 2.56. The van der Waals surface area contributed by atoms with Crippen LogP contribution in [0.15, 0.2) is 32.6 Å². The Kier molecular flexibility index (Phi) is 1.37. The summed E-state index contributed by atoms with van der Waals surface area (Å²) in [6, 6.07) is 2.22. The van der Waals surface area contributed by atoms with Gasteiger partial charge < -0.3 is 4.74 Å². The number of dihydropyridines is 1. The monoisotopic (exact) mass is 185 g/mol. The van der Waals surface area contributed by atoms with Crippen LogP contribution >= 0.6 is 0 Å². The number of hydrogen-bond donors (Lipinski definition) is 0.